The Labute approximate surface area is 131 Å². The number of thiophene rings is 1. The lowest BCUT2D eigenvalue weighted by Gasteiger charge is -2.23. The zero-order chi connectivity index (χ0) is 15.2. The van der Waals surface area contributed by atoms with E-state index in [1.807, 2.05) is 13.0 Å². The van der Waals surface area contributed by atoms with Crippen molar-refractivity contribution >= 4 is 17.2 Å². The predicted octanol–water partition coefficient (Wildman–Crippen LogP) is 3.86. The van der Waals surface area contributed by atoms with Gasteiger partial charge in [-0.3, -0.25) is 4.90 Å². The Morgan fingerprint density at radius 1 is 1.38 bits per heavy atom. The normalized spacial score (nSPS) is 12.6. The third-order valence-electron chi connectivity index (χ3n) is 3.46. The summed E-state index contributed by atoms with van der Waals surface area (Å²) in [4.78, 5) is 12.8. The van der Waals surface area contributed by atoms with Crippen LogP contribution in [0.1, 0.15) is 42.7 Å². The summed E-state index contributed by atoms with van der Waals surface area (Å²) in [5.74, 6) is 1.80. The lowest BCUT2D eigenvalue weighted by Crippen LogP contribution is -2.23. The Balaban J connectivity index is 2.06. The van der Waals surface area contributed by atoms with Crippen molar-refractivity contribution in [1.29, 1.82) is 0 Å². The Kier molecular flexibility index (Phi) is 5.70. The maximum absolute atomic E-state index is 4.61. The molecule has 0 aliphatic heterocycles. The van der Waals surface area contributed by atoms with E-state index < -0.39 is 0 Å². The SMILES string of the molecule is CCCNc1cc(C)nc(CN(C)C(C)c2cccs2)n1. The molecular formula is C16H24N4S. The number of rotatable bonds is 7. The van der Waals surface area contributed by atoms with Crippen LogP contribution in [-0.2, 0) is 6.54 Å². The minimum atomic E-state index is 0.376. The molecule has 1 N–H and O–H groups in total. The average Bonchev–Trinajstić information content (AvgIpc) is 2.97. The fraction of sp³-hybridized carbons (Fsp3) is 0.500. The molecule has 0 aliphatic carbocycles. The van der Waals surface area contributed by atoms with E-state index in [-0.39, 0.29) is 0 Å². The molecule has 114 valence electrons. The second kappa shape index (κ2) is 7.52. The number of aromatic nitrogens is 2. The third kappa shape index (κ3) is 4.51. The van der Waals surface area contributed by atoms with Crippen LogP contribution < -0.4 is 5.32 Å². The highest BCUT2D eigenvalue weighted by atomic mass is 32.1. The molecule has 0 saturated carbocycles. The van der Waals surface area contributed by atoms with Crippen LogP contribution in [0.5, 0.6) is 0 Å². The number of anilines is 1. The van der Waals surface area contributed by atoms with E-state index in [9.17, 15) is 0 Å². The van der Waals surface area contributed by atoms with E-state index in [4.69, 9.17) is 0 Å². The van der Waals surface area contributed by atoms with Crippen LogP contribution in [0.2, 0.25) is 0 Å². The van der Waals surface area contributed by atoms with Crippen molar-refractivity contribution in [3.05, 3.63) is 40.0 Å². The van der Waals surface area contributed by atoms with Crippen LogP contribution in [0, 0.1) is 6.92 Å². The second-order valence-electron chi connectivity index (χ2n) is 5.34. The van der Waals surface area contributed by atoms with E-state index in [1.54, 1.807) is 11.3 Å². The van der Waals surface area contributed by atoms with Gasteiger partial charge in [-0.2, -0.15) is 0 Å². The van der Waals surface area contributed by atoms with E-state index >= 15 is 0 Å². The lowest BCUT2D eigenvalue weighted by atomic mass is 10.2. The molecule has 0 bridgehead atoms. The standard InChI is InChI=1S/C16H24N4S/c1-5-8-17-15-10-12(2)18-16(19-15)11-20(4)13(3)14-7-6-9-21-14/h6-7,9-10,13H,5,8,11H2,1-4H3,(H,17,18,19). The van der Waals surface area contributed by atoms with Gasteiger partial charge in [0.1, 0.15) is 11.6 Å². The van der Waals surface area contributed by atoms with Crippen molar-refractivity contribution in [2.45, 2.75) is 39.8 Å². The maximum Gasteiger partial charge on any atom is 0.144 e. The number of nitrogens with one attached hydrogen (secondary N) is 1. The number of nitrogens with zero attached hydrogens (tertiary/aromatic N) is 3. The van der Waals surface area contributed by atoms with Gasteiger partial charge in [0.15, 0.2) is 0 Å². The van der Waals surface area contributed by atoms with E-state index in [0.29, 0.717) is 6.04 Å². The minimum Gasteiger partial charge on any atom is -0.370 e. The number of hydrogen-bond acceptors (Lipinski definition) is 5. The fourth-order valence-corrected chi connectivity index (χ4v) is 3.00. The summed E-state index contributed by atoms with van der Waals surface area (Å²) in [6.07, 6.45) is 1.09. The first-order chi connectivity index (χ1) is 10.1. The van der Waals surface area contributed by atoms with E-state index in [1.165, 1.54) is 4.88 Å². The molecule has 0 radical (unpaired) electrons. The molecular weight excluding hydrogens is 280 g/mol. The van der Waals surface area contributed by atoms with Gasteiger partial charge in [-0.15, -0.1) is 11.3 Å². The van der Waals surface area contributed by atoms with Crippen molar-refractivity contribution in [3.8, 4) is 0 Å². The zero-order valence-corrected chi connectivity index (χ0v) is 14.1. The second-order valence-corrected chi connectivity index (χ2v) is 6.32. The van der Waals surface area contributed by atoms with Gasteiger partial charge in [-0.05, 0) is 38.8 Å². The molecule has 2 heterocycles. The lowest BCUT2D eigenvalue weighted by molar-refractivity contribution is 0.250. The van der Waals surface area contributed by atoms with Gasteiger partial charge in [0.05, 0.1) is 6.54 Å². The van der Waals surface area contributed by atoms with Crippen LogP contribution >= 0.6 is 11.3 Å². The van der Waals surface area contributed by atoms with Crippen molar-refractivity contribution < 1.29 is 0 Å². The zero-order valence-electron chi connectivity index (χ0n) is 13.3. The van der Waals surface area contributed by atoms with Crippen LogP contribution in [0.4, 0.5) is 5.82 Å². The summed E-state index contributed by atoms with van der Waals surface area (Å²) in [6, 6.07) is 6.65. The smallest absolute Gasteiger partial charge is 0.144 e. The molecule has 2 rings (SSSR count). The average molecular weight is 304 g/mol. The highest BCUT2D eigenvalue weighted by molar-refractivity contribution is 7.10. The third-order valence-corrected chi connectivity index (χ3v) is 4.51. The summed E-state index contributed by atoms with van der Waals surface area (Å²) >= 11 is 1.79. The molecule has 21 heavy (non-hydrogen) atoms. The Morgan fingerprint density at radius 3 is 2.86 bits per heavy atom. The van der Waals surface area contributed by atoms with E-state index in [0.717, 1.165) is 36.8 Å². The van der Waals surface area contributed by atoms with Gasteiger partial charge < -0.3 is 5.32 Å². The summed E-state index contributed by atoms with van der Waals surface area (Å²) in [6.45, 7) is 8.08. The van der Waals surface area contributed by atoms with Crippen LogP contribution in [0.25, 0.3) is 0 Å². The molecule has 4 nitrogen and oxygen atoms in total. The first-order valence-electron chi connectivity index (χ1n) is 7.42. The molecule has 0 saturated heterocycles. The minimum absolute atomic E-state index is 0.376. The molecule has 5 heteroatoms. The van der Waals surface area contributed by atoms with Gasteiger partial charge in [-0.25, -0.2) is 9.97 Å². The molecule has 0 aliphatic rings. The molecule has 1 atom stereocenters. The molecule has 0 amide bonds. The van der Waals surface area contributed by atoms with Gasteiger partial charge >= 0.3 is 0 Å². The van der Waals surface area contributed by atoms with Crippen molar-refractivity contribution in [1.82, 2.24) is 14.9 Å². The Bertz CT molecular complexity index is 553. The fourth-order valence-electron chi connectivity index (χ4n) is 2.15. The highest BCUT2D eigenvalue weighted by Crippen LogP contribution is 2.24. The van der Waals surface area contributed by atoms with Crippen LogP contribution in [0.3, 0.4) is 0 Å². The quantitative estimate of drug-likeness (QED) is 0.843. The molecule has 2 aromatic heterocycles. The van der Waals surface area contributed by atoms with Gasteiger partial charge in [0.2, 0.25) is 0 Å². The summed E-state index contributed by atoms with van der Waals surface area (Å²) < 4.78 is 0. The first-order valence-corrected chi connectivity index (χ1v) is 8.30. The molecule has 0 fully saturated rings. The number of hydrogen-bond donors (Lipinski definition) is 1. The van der Waals surface area contributed by atoms with Crippen molar-refractivity contribution in [2.24, 2.45) is 0 Å². The van der Waals surface area contributed by atoms with Crippen LogP contribution in [0.15, 0.2) is 23.6 Å². The van der Waals surface area contributed by atoms with Gasteiger partial charge in [-0.1, -0.05) is 13.0 Å². The predicted molar refractivity (Wildman–Crippen MR) is 89.8 cm³/mol. The maximum atomic E-state index is 4.61. The molecule has 1 unspecified atom stereocenters. The molecule has 0 spiro atoms. The summed E-state index contributed by atoms with van der Waals surface area (Å²) in [5, 5.41) is 5.46. The monoisotopic (exact) mass is 304 g/mol. The highest BCUT2D eigenvalue weighted by Gasteiger charge is 2.14. The van der Waals surface area contributed by atoms with Crippen molar-refractivity contribution in [2.75, 3.05) is 18.9 Å². The van der Waals surface area contributed by atoms with E-state index in [2.05, 4.69) is 58.6 Å². The van der Waals surface area contributed by atoms with Crippen molar-refractivity contribution in [3.63, 3.8) is 0 Å². The molecule has 2 aromatic rings. The Morgan fingerprint density at radius 2 is 2.19 bits per heavy atom. The number of aryl methyl sites for hydroxylation is 1. The molecule has 0 aromatic carbocycles. The first kappa shape index (κ1) is 15.9. The van der Waals surface area contributed by atoms with Crippen LogP contribution in [-0.4, -0.2) is 28.5 Å². The summed E-state index contributed by atoms with van der Waals surface area (Å²) in [7, 11) is 2.12. The van der Waals surface area contributed by atoms with Gasteiger partial charge in [0, 0.05) is 29.2 Å². The van der Waals surface area contributed by atoms with Gasteiger partial charge in [0.25, 0.3) is 0 Å². The summed E-state index contributed by atoms with van der Waals surface area (Å²) in [5.41, 5.74) is 1.01. The topological polar surface area (TPSA) is 41.1 Å². The Hall–Kier alpha value is -1.46. The largest absolute Gasteiger partial charge is 0.370 e.